The highest BCUT2D eigenvalue weighted by molar-refractivity contribution is 5.78. The summed E-state index contributed by atoms with van der Waals surface area (Å²) in [5.41, 5.74) is 1.00. The van der Waals surface area contributed by atoms with Gasteiger partial charge in [-0.3, -0.25) is 14.9 Å². The van der Waals surface area contributed by atoms with Gasteiger partial charge in [0.05, 0.1) is 22.4 Å². The van der Waals surface area contributed by atoms with Gasteiger partial charge in [0.15, 0.2) is 0 Å². The van der Waals surface area contributed by atoms with E-state index in [-0.39, 0.29) is 29.3 Å². The van der Waals surface area contributed by atoms with E-state index in [4.69, 9.17) is 4.42 Å². The van der Waals surface area contributed by atoms with Gasteiger partial charge in [-0.05, 0) is 25.0 Å². The highest BCUT2D eigenvalue weighted by Gasteiger charge is 2.31. The number of aromatic hydroxyl groups is 1. The lowest BCUT2D eigenvalue weighted by atomic mass is 9.93. The number of hydrogen-bond donors (Lipinski definition) is 3. The maximum absolute atomic E-state index is 11.9. The van der Waals surface area contributed by atoms with Crippen LogP contribution in [0.4, 0.5) is 11.4 Å². The minimum Gasteiger partial charge on any atom is -0.505 e. The molecule has 2 aromatic rings. The summed E-state index contributed by atoms with van der Waals surface area (Å²) in [6, 6.07) is 3.82. The third kappa shape index (κ3) is 3.15. The molecular weight excluding hydrogens is 326 g/mol. The summed E-state index contributed by atoms with van der Waals surface area (Å²) in [6.45, 7) is 2.32. The predicted molar refractivity (Wildman–Crippen MR) is 90.6 cm³/mol. The smallest absolute Gasteiger partial charge is 0.275 e. The van der Waals surface area contributed by atoms with Crippen molar-refractivity contribution in [3.8, 4) is 5.75 Å². The molecule has 0 spiro atoms. The number of phenols is 1. The molecule has 0 aliphatic carbocycles. The molecule has 1 amide bonds. The van der Waals surface area contributed by atoms with Crippen LogP contribution in [0.2, 0.25) is 0 Å². The molecule has 3 N–H and O–H groups in total. The van der Waals surface area contributed by atoms with Gasteiger partial charge in [-0.2, -0.15) is 0 Å². The molecule has 132 valence electrons. The minimum absolute atomic E-state index is 0.0719. The van der Waals surface area contributed by atoms with E-state index in [2.05, 4.69) is 10.6 Å². The normalized spacial score (nSPS) is 14.3. The molecule has 8 nitrogen and oxygen atoms in total. The zero-order chi connectivity index (χ0) is 18.0. The fourth-order valence-corrected chi connectivity index (χ4v) is 3.04. The van der Waals surface area contributed by atoms with Gasteiger partial charge >= 0.3 is 0 Å². The van der Waals surface area contributed by atoms with Crippen molar-refractivity contribution in [3.63, 3.8) is 0 Å². The molecule has 25 heavy (non-hydrogen) atoms. The summed E-state index contributed by atoms with van der Waals surface area (Å²) in [6.07, 6.45) is 2.95. The lowest BCUT2D eigenvalue weighted by molar-refractivity contribution is -0.385. The predicted octanol–water partition coefficient (Wildman–Crippen LogP) is 2.87. The van der Waals surface area contributed by atoms with Gasteiger partial charge in [0.2, 0.25) is 5.91 Å². The van der Waals surface area contributed by atoms with Crippen molar-refractivity contribution in [2.75, 3.05) is 11.9 Å². The SMILES string of the molecule is CCC(=O)NC(c1ccco1)c1cc([N+](=O)[O-])c2c(c1O)NCCC2. The maximum atomic E-state index is 11.9. The van der Waals surface area contributed by atoms with Crippen LogP contribution in [0.25, 0.3) is 0 Å². The Kier molecular flexibility index (Phi) is 4.60. The van der Waals surface area contributed by atoms with Crippen LogP contribution in [-0.4, -0.2) is 22.5 Å². The van der Waals surface area contributed by atoms with E-state index in [1.807, 2.05) is 0 Å². The molecule has 0 fully saturated rings. The van der Waals surface area contributed by atoms with Crippen molar-refractivity contribution < 1.29 is 19.2 Å². The van der Waals surface area contributed by atoms with Crippen LogP contribution in [-0.2, 0) is 11.2 Å². The van der Waals surface area contributed by atoms with Crippen molar-refractivity contribution >= 4 is 17.3 Å². The van der Waals surface area contributed by atoms with E-state index in [0.29, 0.717) is 30.0 Å². The second-order valence-corrected chi connectivity index (χ2v) is 5.84. The van der Waals surface area contributed by atoms with Gasteiger partial charge in [0, 0.05) is 24.6 Å². The Hall–Kier alpha value is -3.03. The topological polar surface area (TPSA) is 118 Å². The number of rotatable bonds is 5. The molecule has 0 radical (unpaired) electrons. The number of hydrogen-bond acceptors (Lipinski definition) is 6. The summed E-state index contributed by atoms with van der Waals surface area (Å²) in [5, 5.41) is 28.0. The van der Waals surface area contributed by atoms with Crippen molar-refractivity contribution in [1.29, 1.82) is 0 Å². The summed E-state index contributed by atoms with van der Waals surface area (Å²) in [5.74, 6) is 0.0365. The van der Waals surface area contributed by atoms with Crippen molar-refractivity contribution in [3.05, 3.63) is 51.5 Å². The molecule has 1 aliphatic rings. The Labute approximate surface area is 144 Å². The van der Waals surface area contributed by atoms with E-state index < -0.39 is 11.0 Å². The number of nitro benzene ring substituents is 1. The zero-order valence-corrected chi connectivity index (χ0v) is 13.7. The van der Waals surface area contributed by atoms with E-state index >= 15 is 0 Å². The molecule has 1 atom stereocenters. The van der Waals surface area contributed by atoms with E-state index in [9.17, 15) is 20.0 Å². The van der Waals surface area contributed by atoms with Gasteiger partial charge < -0.3 is 20.2 Å². The quantitative estimate of drug-likeness (QED) is 0.436. The first-order chi connectivity index (χ1) is 12.0. The Balaban J connectivity index is 2.17. The first kappa shape index (κ1) is 16.8. The standard InChI is InChI=1S/C17H19N3O5/c1-2-14(21)19-15(13-6-4-8-25-13)11-9-12(20(23)24)10-5-3-7-18-16(10)17(11)22/h4,6,8-9,15,18,22H,2-3,5,7H2,1H3,(H,19,21). The number of nitro groups is 1. The van der Waals surface area contributed by atoms with Gasteiger partial charge in [-0.25, -0.2) is 0 Å². The highest BCUT2D eigenvalue weighted by atomic mass is 16.6. The molecule has 1 aromatic carbocycles. The second kappa shape index (κ2) is 6.84. The molecule has 2 heterocycles. The molecular formula is C17H19N3O5. The molecule has 0 saturated carbocycles. The highest BCUT2D eigenvalue weighted by Crippen LogP contribution is 2.44. The number of furan rings is 1. The number of anilines is 1. The van der Waals surface area contributed by atoms with Crippen LogP contribution >= 0.6 is 0 Å². The molecule has 1 aromatic heterocycles. The van der Waals surface area contributed by atoms with Crippen LogP contribution < -0.4 is 10.6 Å². The lowest BCUT2D eigenvalue weighted by Gasteiger charge is -2.24. The maximum Gasteiger partial charge on any atom is 0.275 e. The fraction of sp³-hybridized carbons (Fsp3) is 0.353. The first-order valence-electron chi connectivity index (χ1n) is 8.12. The van der Waals surface area contributed by atoms with Gasteiger partial charge in [-0.15, -0.1) is 0 Å². The molecule has 1 aliphatic heterocycles. The van der Waals surface area contributed by atoms with Crippen LogP contribution in [0.5, 0.6) is 5.75 Å². The monoisotopic (exact) mass is 345 g/mol. The van der Waals surface area contributed by atoms with Gasteiger partial charge in [0.1, 0.15) is 17.6 Å². The third-order valence-corrected chi connectivity index (χ3v) is 4.28. The third-order valence-electron chi connectivity index (χ3n) is 4.28. The number of nitrogens with zero attached hydrogens (tertiary/aromatic N) is 1. The average molecular weight is 345 g/mol. The number of benzene rings is 1. The summed E-state index contributed by atoms with van der Waals surface area (Å²) >= 11 is 0. The minimum atomic E-state index is -0.810. The molecule has 0 bridgehead atoms. The Morgan fingerprint density at radius 1 is 1.56 bits per heavy atom. The van der Waals surface area contributed by atoms with Crippen LogP contribution in [0.3, 0.4) is 0 Å². The zero-order valence-electron chi connectivity index (χ0n) is 13.7. The first-order valence-corrected chi connectivity index (χ1v) is 8.12. The number of phenolic OH excluding ortho intramolecular Hbond substituents is 1. The second-order valence-electron chi connectivity index (χ2n) is 5.84. The molecule has 8 heteroatoms. The molecule has 1 unspecified atom stereocenters. The number of carbonyl (C=O) groups is 1. The Morgan fingerprint density at radius 3 is 3.00 bits per heavy atom. The molecule has 0 saturated heterocycles. The van der Waals surface area contributed by atoms with Crippen LogP contribution in [0.15, 0.2) is 28.9 Å². The Morgan fingerprint density at radius 2 is 2.36 bits per heavy atom. The number of carbonyl (C=O) groups excluding carboxylic acids is 1. The van der Waals surface area contributed by atoms with Crippen molar-refractivity contribution in [2.24, 2.45) is 0 Å². The largest absolute Gasteiger partial charge is 0.505 e. The van der Waals surface area contributed by atoms with Crippen LogP contribution in [0.1, 0.15) is 42.7 Å². The van der Waals surface area contributed by atoms with Gasteiger partial charge in [-0.1, -0.05) is 6.92 Å². The van der Waals surface area contributed by atoms with Crippen molar-refractivity contribution in [1.82, 2.24) is 5.32 Å². The average Bonchev–Trinajstić information content (AvgIpc) is 3.14. The number of fused-ring (bicyclic) bond motifs is 1. The summed E-state index contributed by atoms with van der Waals surface area (Å²) in [4.78, 5) is 23.0. The molecule has 3 rings (SSSR count). The fourth-order valence-electron chi connectivity index (χ4n) is 3.04. The number of amides is 1. The summed E-state index contributed by atoms with van der Waals surface area (Å²) in [7, 11) is 0. The van der Waals surface area contributed by atoms with E-state index in [1.54, 1.807) is 19.1 Å². The summed E-state index contributed by atoms with van der Waals surface area (Å²) < 4.78 is 5.38. The Bertz CT molecular complexity index is 801. The lowest BCUT2D eigenvalue weighted by Crippen LogP contribution is -2.29. The van der Waals surface area contributed by atoms with E-state index in [0.717, 1.165) is 6.42 Å². The van der Waals surface area contributed by atoms with E-state index in [1.165, 1.54) is 12.3 Å². The van der Waals surface area contributed by atoms with Crippen LogP contribution in [0, 0.1) is 10.1 Å². The van der Waals surface area contributed by atoms with Crippen molar-refractivity contribution in [2.45, 2.75) is 32.2 Å². The van der Waals surface area contributed by atoms with Gasteiger partial charge in [0.25, 0.3) is 5.69 Å². The number of nitrogens with one attached hydrogen (secondary N) is 2.